The Hall–Kier alpha value is -0.830. The average molecular weight is 437 g/mol. The molecule has 0 radical (unpaired) electrons. The van der Waals surface area contributed by atoms with Gasteiger partial charge >= 0.3 is 0 Å². The topological polar surface area (TPSA) is 65.7 Å². The zero-order valence-electron chi connectivity index (χ0n) is 15.0. The van der Waals surface area contributed by atoms with Gasteiger partial charge in [0, 0.05) is 37.8 Å². The summed E-state index contributed by atoms with van der Waals surface area (Å²) in [5, 5.41) is 10.5. The fraction of sp³-hybridized carbons (Fsp3) is 0.750. The SMILES string of the molecule is CCNC(=NCc1ccon1)NCCCN(C(C)C)C(C)C.I. The molecule has 0 spiro atoms. The van der Waals surface area contributed by atoms with Crippen molar-refractivity contribution in [2.75, 3.05) is 19.6 Å². The molecule has 0 aromatic carbocycles. The summed E-state index contributed by atoms with van der Waals surface area (Å²) >= 11 is 0. The predicted octanol–water partition coefficient (Wildman–Crippen LogP) is 2.86. The van der Waals surface area contributed by atoms with Crippen molar-refractivity contribution in [2.45, 2.75) is 59.7 Å². The number of aromatic nitrogens is 1. The van der Waals surface area contributed by atoms with E-state index < -0.39 is 0 Å². The highest BCUT2D eigenvalue weighted by Gasteiger charge is 2.12. The number of nitrogens with zero attached hydrogens (tertiary/aromatic N) is 3. The van der Waals surface area contributed by atoms with Gasteiger partial charge < -0.3 is 15.2 Å². The molecule has 0 atom stereocenters. The van der Waals surface area contributed by atoms with Crippen LogP contribution < -0.4 is 10.6 Å². The summed E-state index contributed by atoms with van der Waals surface area (Å²) in [4.78, 5) is 7.00. The summed E-state index contributed by atoms with van der Waals surface area (Å²) in [6.07, 6.45) is 2.66. The van der Waals surface area contributed by atoms with Gasteiger partial charge in [-0.15, -0.1) is 24.0 Å². The second-order valence-electron chi connectivity index (χ2n) is 5.89. The summed E-state index contributed by atoms with van der Waals surface area (Å²) in [5.74, 6) is 0.825. The second-order valence-corrected chi connectivity index (χ2v) is 5.89. The fourth-order valence-electron chi connectivity index (χ4n) is 2.40. The molecule has 0 bridgehead atoms. The molecule has 1 aromatic heterocycles. The Balaban J connectivity index is 0.00000484. The molecule has 0 saturated heterocycles. The Morgan fingerprint density at radius 1 is 1.26 bits per heavy atom. The van der Waals surface area contributed by atoms with E-state index in [4.69, 9.17) is 4.52 Å². The first-order valence-electron chi connectivity index (χ1n) is 8.21. The zero-order valence-corrected chi connectivity index (χ0v) is 17.3. The maximum Gasteiger partial charge on any atom is 0.191 e. The lowest BCUT2D eigenvalue weighted by Gasteiger charge is -2.30. The molecule has 2 N–H and O–H groups in total. The number of nitrogens with one attached hydrogen (secondary N) is 2. The molecule has 1 heterocycles. The maximum absolute atomic E-state index is 4.81. The lowest BCUT2D eigenvalue weighted by atomic mass is 10.2. The van der Waals surface area contributed by atoms with Crippen molar-refractivity contribution in [3.05, 3.63) is 18.0 Å². The van der Waals surface area contributed by atoms with Gasteiger partial charge in [0.2, 0.25) is 0 Å². The molecule has 23 heavy (non-hydrogen) atoms. The molecule has 0 aliphatic carbocycles. The summed E-state index contributed by atoms with van der Waals surface area (Å²) in [6.45, 7) is 14.4. The number of aliphatic imine (C=N–C) groups is 1. The van der Waals surface area contributed by atoms with E-state index in [0.29, 0.717) is 18.6 Å². The van der Waals surface area contributed by atoms with Crippen LogP contribution in [-0.2, 0) is 6.54 Å². The Morgan fingerprint density at radius 3 is 2.48 bits per heavy atom. The van der Waals surface area contributed by atoms with Crippen molar-refractivity contribution in [3.63, 3.8) is 0 Å². The quantitative estimate of drug-likeness (QED) is 0.269. The highest BCUT2D eigenvalue weighted by atomic mass is 127. The van der Waals surface area contributed by atoms with E-state index in [1.807, 2.05) is 6.07 Å². The first-order valence-corrected chi connectivity index (χ1v) is 8.21. The van der Waals surface area contributed by atoms with Crippen LogP contribution in [-0.4, -0.2) is 47.7 Å². The summed E-state index contributed by atoms with van der Waals surface area (Å²) in [7, 11) is 0. The molecule has 7 heteroatoms. The van der Waals surface area contributed by atoms with Crippen molar-refractivity contribution in [2.24, 2.45) is 4.99 Å². The van der Waals surface area contributed by atoms with E-state index in [1.54, 1.807) is 6.26 Å². The molecule has 1 aromatic rings. The molecule has 0 fully saturated rings. The van der Waals surface area contributed by atoms with Crippen LogP contribution >= 0.6 is 24.0 Å². The number of hydrogen-bond acceptors (Lipinski definition) is 4. The normalized spacial score (nSPS) is 11.9. The molecule has 0 amide bonds. The van der Waals surface area contributed by atoms with Gasteiger partial charge in [0.15, 0.2) is 5.96 Å². The molecule has 0 unspecified atom stereocenters. The van der Waals surface area contributed by atoms with E-state index in [-0.39, 0.29) is 24.0 Å². The monoisotopic (exact) mass is 437 g/mol. The number of halogens is 1. The fourth-order valence-corrected chi connectivity index (χ4v) is 2.40. The van der Waals surface area contributed by atoms with Crippen LogP contribution in [0.4, 0.5) is 0 Å². The van der Waals surface area contributed by atoms with Crippen molar-refractivity contribution in [1.82, 2.24) is 20.7 Å². The zero-order chi connectivity index (χ0) is 16.4. The lowest BCUT2D eigenvalue weighted by Crippen LogP contribution is -2.41. The van der Waals surface area contributed by atoms with E-state index in [2.05, 4.69) is 60.3 Å². The average Bonchev–Trinajstić information content (AvgIpc) is 2.96. The van der Waals surface area contributed by atoms with Gasteiger partial charge in [-0.05, 0) is 41.0 Å². The summed E-state index contributed by atoms with van der Waals surface area (Å²) < 4.78 is 4.81. The van der Waals surface area contributed by atoms with E-state index in [0.717, 1.165) is 37.7 Å². The molecular formula is C16H32IN5O. The summed E-state index contributed by atoms with van der Waals surface area (Å²) in [6, 6.07) is 2.99. The van der Waals surface area contributed by atoms with E-state index in [9.17, 15) is 0 Å². The lowest BCUT2D eigenvalue weighted by molar-refractivity contribution is 0.173. The van der Waals surface area contributed by atoms with Gasteiger partial charge in [-0.1, -0.05) is 5.16 Å². The van der Waals surface area contributed by atoms with E-state index in [1.165, 1.54) is 0 Å². The smallest absolute Gasteiger partial charge is 0.191 e. The largest absolute Gasteiger partial charge is 0.364 e. The Morgan fingerprint density at radius 2 is 1.96 bits per heavy atom. The van der Waals surface area contributed by atoms with Crippen molar-refractivity contribution in [1.29, 1.82) is 0 Å². The van der Waals surface area contributed by atoms with Crippen LogP contribution in [0, 0.1) is 0 Å². The third-order valence-electron chi connectivity index (χ3n) is 3.45. The highest BCUT2D eigenvalue weighted by molar-refractivity contribution is 14.0. The standard InChI is InChI=1S/C16H31N5O.HI/c1-6-17-16(19-12-15-8-11-22-20-15)18-9-7-10-21(13(2)3)14(4)5;/h8,11,13-14H,6-7,9-10,12H2,1-5H3,(H2,17,18,19);1H. The Labute approximate surface area is 157 Å². The number of rotatable bonds is 9. The molecule has 0 aliphatic heterocycles. The minimum Gasteiger partial charge on any atom is -0.364 e. The van der Waals surface area contributed by atoms with Crippen LogP contribution in [0.1, 0.15) is 46.7 Å². The van der Waals surface area contributed by atoms with Crippen LogP contribution in [0.25, 0.3) is 0 Å². The minimum atomic E-state index is 0. The second kappa shape index (κ2) is 12.6. The summed E-state index contributed by atoms with van der Waals surface area (Å²) in [5.41, 5.74) is 0.836. The predicted molar refractivity (Wildman–Crippen MR) is 106 cm³/mol. The van der Waals surface area contributed by atoms with Crippen LogP contribution in [0.15, 0.2) is 21.8 Å². The number of hydrogen-bond donors (Lipinski definition) is 2. The maximum atomic E-state index is 4.81. The minimum absolute atomic E-state index is 0. The van der Waals surface area contributed by atoms with Crippen molar-refractivity contribution in [3.8, 4) is 0 Å². The molecule has 134 valence electrons. The molecule has 6 nitrogen and oxygen atoms in total. The third-order valence-corrected chi connectivity index (χ3v) is 3.45. The first-order chi connectivity index (χ1) is 10.5. The van der Waals surface area contributed by atoms with Crippen LogP contribution in [0.5, 0.6) is 0 Å². The molecular weight excluding hydrogens is 405 g/mol. The van der Waals surface area contributed by atoms with Gasteiger partial charge in [-0.2, -0.15) is 0 Å². The van der Waals surface area contributed by atoms with E-state index >= 15 is 0 Å². The highest BCUT2D eigenvalue weighted by Crippen LogP contribution is 2.05. The first kappa shape index (κ1) is 22.2. The third kappa shape index (κ3) is 9.14. The van der Waals surface area contributed by atoms with Gasteiger partial charge in [0.05, 0.1) is 6.54 Å². The Bertz CT molecular complexity index is 412. The van der Waals surface area contributed by atoms with Gasteiger partial charge in [-0.25, -0.2) is 4.99 Å². The van der Waals surface area contributed by atoms with Gasteiger partial charge in [-0.3, -0.25) is 4.90 Å². The van der Waals surface area contributed by atoms with Crippen LogP contribution in [0.3, 0.4) is 0 Å². The Kier molecular flexibility index (Phi) is 12.1. The van der Waals surface area contributed by atoms with Crippen molar-refractivity contribution >= 4 is 29.9 Å². The molecule has 0 aliphatic rings. The van der Waals surface area contributed by atoms with Gasteiger partial charge in [0.1, 0.15) is 12.0 Å². The molecule has 1 rings (SSSR count). The van der Waals surface area contributed by atoms with Crippen molar-refractivity contribution < 1.29 is 4.52 Å². The molecule has 0 saturated carbocycles. The van der Waals surface area contributed by atoms with Gasteiger partial charge in [0.25, 0.3) is 0 Å². The van der Waals surface area contributed by atoms with Crippen LogP contribution in [0.2, 0.25) is 0 Å². The number of guanidine groups is 1.